The molecule has 0 saturated carbocycles. The fourth-order valence-corrected chi connectivity index (χ4v) is 3.02. The third kappa shape index (κ3) is 2.57. The first-order valence-corrected chi connectivity index (χ1v) is 7.41. The van der Waals surface area contributed by atoms with Gasteiger partial charge >= 0.3 is 0 Å². The molecule has 2 aromatic rings. The third-order valence-corrected chi connectivity index (χ3v) is 4.28. The average molecular weight is 310 g/mol. The third-order valence-electron chi connectivity index (χ3n) is 2.87. The van der Waals surface area contributed by atoms with Crippen molar-refractivity contribution in [1.82, 2.24) is 0 Å². The maximum atomic E-state index is 13.7. The second kappa shape index (κ2) is 4.81. The number of hydrogen-bond donors (Lipinski definition) is 2. The summed E-state index contributed by atoms with van der Waals surface area (Å²) in [4.78, 5) is -0.477. The van der Waals surface area contributed by atoms with Crippen molar-refractivity contribution < 1.29 is 22.3 Å². The van der Waals surface area contributed by atoms with Crippen molar-refractivity contribution in [2.24, 2.45) is 0 Å². The Bertz CT molecular complexity index is 808. The molecule has 21 heavy (non-hydrogen) atoms. The van der Waals surface area contributed by atoms with Crippen LogP contribution in [0.4, 0.5) is 15.8 Å². The molecule has 110 valence electrons. The van der Waals surface area contributed by atoms with Crippen molar-refractivity contribution in [3.63, 3.8) is 0 Å². The number of anilines is 2. The topological polar surface area (TPSA) is 90.7 Å². The molecular formula is C13H11FN2O4S. The van der Waals surface area contributed by atoms with Gasteiger partial charge in [0.2, 0.25) is 6.79 Å². The normalized spacial score (nSPS) is 13.2. The van der Waals surface area contributed by atoms with Gasteiger partial charge < -0.3 is 15.2 Å². The Morgan fingerprint density at radius 3 is 2.62 bits per heavy atom. The van der Waals surface area contributed by atoms with Crippen LogP contribution in [0.1, 0.15) is 0 Å². The van der Waals surface area contributed by atoms with Crippen molar-refractivity contribution in [2.75, 3.05) is 17.2 Å². The van der Waals surface area contributed by atoms with Crippen LogP contribution in [0.15, 0.2) is 41.3 Å². The second-order valence-corrected chi connectivity index (χ2v) is 6.01. The molecule has 0 atom stereocenters. The lowest BCUT2D eigenvalue weighted by molar-refractivity contribution is 0.174. The molecule has 1 aliphatic heterocycles. The van der Waals surface area contributed by atoms with Crippen LogP contribution in [0, 0.1) is 5.82 Å². The summed E-state index contributed by atoms with van der Waals surface area (Å²) in [5, 5.41) is 0. The number of hydrogen-bond acceptors (Lipinski definition) is 5. The highest BCUT2D eigenvalue weighted by atomic mass is 32.2. The molecule has 0 aromatic heterocycles. The van der Waals surface area contributed by atoms with Crippen LogP contribution in [0.3, 0.4) is 0 Å². The van der Waals surface area contributed by atoms with Crippen molar-refractivity contribution in [3.05, 3.63) is 42.2 Å². The zero-order valence-corrected chi connectivity index (χ0v) is 11.5. The maximum absolute atomic E-state index is 13.7. The summed E-state index contributed by atoms with van der Waals surface area (Å²) in [5.74, 6) is 0.0350. The number of fused-ring (bicyclic) bond motifs is 1. The molecular weight excluding hydrogens is 299 g/mol. The van der Waals surface area contributed by atoms with Crippen LogP contribution < -0.4 is 19.9 Å². The fraction of sp³-hybridized carbons (Fsp3) is 0.0769. The molecule has 3 rings (SSSR count). The molecule has 2 aromatic carbocycles. The minimum Gasteiger partial charge on any atom is -0.454 e. The molecule has 0 unspecified atom stereocenters. The van der Waals surface area contributed by atoms with E-state index in [1.165, 1.54) is 18.2 Å². The highest BCUT2D eigenvalue weighted by Gasteiger charge is 2.21. The Balaban J connectivity index is 1.92. The van der Waals surface area contributed by atoms with Crippen molar-refractivity contribution in [2.45, 2.75) is 4.90 Å². The molecule has 3 N–H and O–H groups in total. The lowest BCUT2D eigenvalue weighted by Crippen LogP contribution is -2.14. The Morgan fingerprint density at radius 1 is 1.10 bits per heavy atom. The Labute approximate surface area is 120 Å². The van der Waals surface area contributed by atoms with Gasteiger partial charge in [-0.2, -0.15) is 0 Å². The molecule has 0 amide bonds. The van der Waals surface area contributed by atoms with E-state index in [-0.39, 0.29) is 18.2 Å². The van der Waals surface area contributed by atoms with Gasteiger partial charge in [0.05, 0.1) is 5.69 Å². The van der Waals surface area contributed by atoms with Gasteiger partial charge in [0.15, 0.2) is 11.5 Å². The quantitative estimate of drug-likeness (QED) is 0.845. The lowest BCUT2D eigenvalue weighted by atomic mass is 10.3. The molecule has 8 heteroatoms. The summed E-state index contributed by atoms with van der Waals surface area (Å²) < 4.78 is 50.6. The molecule has 6 nitrogen and oxygen atoms in total. The maximum Gasteiger partial charge on any atom is 0.264 e. The van der Waals surface area contributed by atoms with Crippen LogP contribution >= 0.6 is 0 Å². The molecule has 1 heterocycles. The van der Waals surface area contributed by atoms with Gasteiger partial charge in [-0.25, -0.2) is 12.8 Å². The Hall–Kier alpha value is -2.48. The number of halogens is 1. The van der Waals surface area contributed by atoms with Crippen LogP contribution in [-0.2, 0) is 10.0 Å². The smallest absolute Gasteiger partial charge is 0.264 e. The van der Waals surface area contributed by atoms with Crippen LogP contribution in [0.2, 0.25) is 0 Å². The monoisotopic (exact) mass is 310 g/mol. The van der Waals surface area contributed by atoms with Gasteiger partial charge in [-0.15, -0.1) is 0 Å². The van der Waals surface area contributed by atoms with Gasteiger partial charge in [-0.1, -0.05) is 0 Å². The van der Waals surface area contributed by atoms with Crippen molar-refractivity contribution in [1.29, 1.82) is 0 Å². The second-order valence-electron chi connectivity index (χ2n) is 4.36. The number of sulfonamides is 1. The Morgan fingerprint density at radius 2 is 1.86 bits per heavy atom. The molecule has 0 spiro atoms. The number of ether oxygens (including phenoxy) is 2. The number of nitrogens with one attached hydrogen (secondary N) is 1. The van der Waals surface area contributed by atoms with Crippen LogP contribution in [0.5, 0.6) is 11.5 Å². The summed E-state index contributed by atoms with van der Waals surface area (Å²) in [5.41, 5.74) is 5.79. The molecule has 0 radical (unpaired) electrons. The average Bonchev–Trinajstić information content (AvgIpc) is 2.85. The summed E-state index contributed by atoms with van der Waals surface area (Å²) in [6.07, 6.45) is 0. The van der Waals surface area contributed by atoms with Gasteiger partial charge in [-0.3, -0.25) is 4.72 Å². The van der Waals surface area contributed by atoms with Crippen LogP contribution in [0.25, 0.3) is 0 Å². The standard InChI is InChI=1S/C13H11FN2O4S/c14-10-5-8(15)1-4-13(10)21(17,18)16-9-2-3-11-12(6-9)20-7-19-11/h1-6,16H,7,15H2. The molecule has 1 aliphatic rings. The SMILES string of the molecule is Nc1ccc(S(=O)(=O)Nc2ccc3c(c2)OCO3)c(F)c1. The Kier molecular flexibility index (Phi) is 3.09. The summed E-state index contributed by atoms with van der Waals surface area (Å²) in [7, 11) is -4.06. The van der Waals surface area contributed by atoms with Crippen molar-refractivity contribution >= 4 is 21.4 Å². The molecule has 0 saturated heterocycles. The minimum atomic E-state index is -4.06. The predicted molar refractivity (Wildman–Crippen MR) is 74.2 cm³/mol. The van der Waals surface area contributed by atoms with E-state index in [0.29, 0.717) is 11.5 Å². The van der Waals surface area contributed by atoms with E-state index >= 15 is 0 Å². The molecule has 0 bridgehead atoms. The fourth-order valence-electron chi connectivity index (χ4n) is 1.91. The van der Waals surface area contributed by atoms with Crippen molar-refractivity contribution in [3.8, 4) is 11.5 Å². The largest absolute Gasteiger partial charge is 0.454 e. The minimum absolute atomic E-state index is 0.0815. The van der Waals surface area contributed by atoms with Gasteiger partial charge in [0, 0.05) is 11.8 Å². The van der Waals surface area contributed by atoms with E-state index in [2.05, 4.69) is 4.72 Å². The first-order valence-electron chi connectivity index (χ1n) is 5.93. The van der Waals surface area contributed by atoms with E-state index in [9.17, 15) is 12.8 Å². The number of nitrogens with two attached hydrogens (primary N) is 1. The summed E-state index contributed by atoms with van der Waals surface area (Å²) in [6, 6.07) is 7.92. The number of rotatable bonds is 3. The van der Waals surface area contributed by atoms with Gasteiger partial charge in [0.25, 0.3) is 10.0 Å². The van der Waals surface area contributed by atoms with E-state index in [1.54, 1.807) is 6.07 Å². The van der Waals surface area contributed by atoms with E-state index in [4.69, 9.17) is 15.2 Å². The first-order chi connectivity index (χ1) is 9.95. The van der Waals surface area contributed by atoms with Gasteiger partial charge in [0.1, 0.15) is 10.7 Å². The van der Waals surface area contributed by atoms with E-state index in [1.807, 2.05) is 0 Å². The number of nitrogen functional groups attached to an aromatic ring is 1. The summed E-state index contributed by atoms with van der Waals surface area (Å²) >= 11 is 0. The number of benzene rings is 2. The first kappa shape index (κ1) is 13.5. The highest BCUT2D eigenvalue weighted by Crippen LogP contribution is 2.35. The van der Waals surface area contributed by atoms with E-state index in [0.717, 1.165) is 12.1 Å². The zero-order valence-electron chi connectivity index (χ0n) is 10.7. The lowest BCUT2D eigenvalue weighted by Gasteiger charge is -2.09. The van der Waals surface area contributed by atoms with Gasteiger partial charge in [-0.05, 0) is 30.3 Å². The summed E-state index contributed by atoms with van der Waals surface area (Å²) in [6.45, 7) is 0.0815. The van der Waals surface area contributed by atoms with E-state index < -0.39 is 20.7 Å². The highest BCUT2D eigenvalue weighted by molar-refractivity contribution is 7.92. The molecule has 0 fully saturated rings. The predicted octanol–water partition coefficient (Wildman–Crippen LogP) is 1.94. The van der Waals surface area contributed by atoms with Crippen LogP contribution in [-0.4, -0.2) is 15.2 Å². The zero-order chi connectivity index (χ0) is 15.0. The molecule has 0 aliphatic carbocycles.